The van der Waals surface area contributed by atoms with Gasteiger partial charge in [-0.05, 0) is 38.0 Å². The molecule has 7 heteroatoms. The Morgan fingerprint density at radius 3 is 2.70 bits per heavy atom. The average molecular weight is 419 g/mol. The van der Waals surface area contributed by atoms with Crippen molar-refractivity contribution in [3.05, 3.63) is 69.6 Å². The molecule has 30 heavy (non-hydrogen) atoms. The Labute approximate surface area is 177 Å². The molecule has 0 unspecified atom stereocenters. The van der Waals surface area contributed by atoms with Crippen molar-refractivity contribution in [1.82, 2.24) is 19.7 Å². The molecule has 1 amide bonds. The van der Waals surface area contributed by atoms with Crippen LogP contribution in [-0.2, 0) is 6.54 Å². The Kier molecular flexibility index (Phi) is 4.83. The van der Waals surface area contributed by atoms with Crippen molar-refractivity contribution < 1.29 is 4.79 Å². The highest BCUT2D eigenvalue weighted by Gasteiger charge is 2.29. The second kappa shape index (κ2) is 7.65. The maximum atomic E-state index is 13.5. The van der Waals surface area contributed by atoms with E-state index >= 15 is 0 Å². The molecule has 0 radical (unpaired) electrons. The summed E-state index contributed by atoms with van der Waals surface area (Å²) in [4.78, 5) is 32.8. The number of piperidine rings is 1. The molecule has 3 heterocycles. The average Bonchev–Trinajstić information content (AvgIpc) is 3.24. The molecule has 5 rings (SSSR count). The quantitative estimate of drug-likeness (QED) is 0.503. The van der Waals surface area contributed by atoms with Crippen LogP contribution in [0.4, 0.5) is 0 Å². The molecule has 6 nitrogen and oxygen atoms in total. The minimum absolute atomic E-state index is 0.112. The van der Waals surface area contributed by atoms with Gasteiger partial charge in [-0.25, -0.2) is 9.67 Å². The third kappa shape index (κ3) is 3.19. The van der Waals surface area contributed by atoms with Crippen molar-refractivity contribution in [2.45, 2.75) is 32.2 Å². The topological polar surface area (TPSA) is 68.1 Å². The zero-order valence-electron chi connectivity index (χ0n) is 16.7. The lowest BCUT2D eigenvalue weighted by Crippen LogP contribution is -2.40. The molecule has 152 valence electrons. The van der Waals surface area contributed by atoms with Crippen molar-refractivity contribution in [1.29, 1.82) is 0 Å². The number of thiazole rings is 1. The van der Waals surface area contributed by atoms with E-state index in [2.05, 4.69) is 11.2 Å². The van der Waals surface area contributed by atoms with Crippen molar-refractivity contribution in [3.63, 3.8) is 0 Å². The van der Waals surface area contributed by atoms with Crippen LogP contribution >= 0.6 is 11.3 Å². The lowest BCUT2D eigenvalue weighted by Gasteiger charge is -2.31. The van der Waals surface area contributed by atoms with Gasteiger partial charge in [0.05, 0.1) is 20.6 Å². The Bertz CT molecular complexity index is 1280. The van der Waals surface area contributed by atoms with Gasteiger partial charge in [0, 0.05) is 30.9 Å². The van der Waals surface area contributed by atoms with Gasteiger partial charge in [-0.1, -0.05) is 30.3 Å². The Hall–Kier alpha value is -3.06. The molecule has 0 spiro atoms. The predicted molar refractivity (Wildman–Crippen MR) is 119 cm³/mol. The molecule has 0 aliphatic carbocycles. The number of carbonyl (C=O) groups is 1. The van der Waals surface area contributed by atoms with Gasteiger partial charge < -0.3 is 4.90 Å². The Morgan fingerprint density at radius 2 is 1.90 bits per heavy atom. The summed E-state index contributed by atoms with van der Waals surface area (Å²) in [5.41, 5.74) is 1.22. The highest BCUT2D eigenvalue weighted by molar-refractivity contribution is 7.18. The fourth-order valence-corrected chi connectivity index (χ4v) is 5.28. The largest absolute Gasteiger partial charge is 0.337 e. The van der Waals surface area contributed by atoms with Crippen LogP contribution in [0.2, 0.25) is 0 Å². The summed E-state index contributed by atoms with van der Waals surface area (Å²) in [5, 5.41) is 6.68. The number of hydrogen-bond acceptors (Lipinski definition) is 5. The first-order chi connectivity index (χ1) is 14.7. The van der Waals surface area contributed by atoms with E-state index in [1.54, 1.807) is 17.4 Å². The van der Waals surface area contributed by atoms with Gasteiger partial charge in [0.25, 0.3) is 11.5 Å². The Balaban J connectivity index is 1.49. The number of amides is 1. The normalized spacial score (nSPS) is 17.0. The molecule has 1 aliphatic rings. The number of rotatable bonds is 3. The molecule has 0 bridgehead atoms. The van der Waals surface area contributed by atoms with Crippen LogP contribution < -0.4 is 5.56 Å². The lowest BCUT2D eigenvalue weighted by atomic mass is 9.98. The summed E-state index contributed by atoms with van der Waals surface area (Å²) in [6, 6.07) is 15.4. The van der Waals surface area contributed by atoms with Gasteiger partial charge in [-0.3, -0.25) is 9.59 Å². The highest BCUT2D eigenvalue weighted by atomic mass is 32.1. The third-order valence-corrected chi connectivity index (χ3v) is 6.94. The van der Waals surface area contributed by atoms with Gasteiger partial charge >= 0.3 is 0 Å². The molecule has 2 aromatic heterocycles. The van der Waals surface area contributed by atoms with Gasteiger partial charge in [-0.2, -0.15) is 5.10 Å². The second-order valence-corrected chi connectivity index (χ2v) is 8.69. The SMILES string of the molecule is CCn1nc(C(=O)N2CCC[C@H](c3nc4ccccc4s3)C2)c2ccccc2c1=O. The molecular formula is C23H22N4O2S. The third-order valence-electron chi connectivity index (χ3n) is 5.74. The smallest absolute Gasteiger partial charge is 0.274 e. The van der Waals surface area contributed by atoms with Crippen LogP contribution in [0, 0.1) is 0 Å². The van der Waals surface area contributed by atoms with Gasteiger partial charge in [-0.15, -0.1) is 11.3 Å². The summed E-state index contributed by atoms with van der Waals surface area (Å²) < 4.78 is 2.56. The number of likely N-dealkylation sites (tertiary alicyclic amines) is 1. The minimum Gasteiger partial charge on any atom is -0.337 e. The predicted octanol–water partition coefficient (Wildman–Crippen LogP) is 4.05. The summed E-state index contributed by atoms with van der Waals surface area (Å²) in [6.45, 7) is 3.61. The fourth-order valence-electron chi connectivity index (χ4n) is 4.19. The molecule has 1 atom stereocenters. The maximum absolute atomic E-state index is 13.5. The van der Waals surface area contributed by atoms with E-state index in [0.717, 1.165) is 23.4 Å². The summed E-state index contributed by atoms with van der Waals surface area (Å²) in [6.07, 6.45) is 1.95. The van der Waals surface area contributed by atoms with E-state index in [-0.39, 0.29) is 17.4 Å². The molecule has 4 aromatic rings. The van der Waals surface area contributed by atoms with E-state index in [1.807, 2.05) is 48.2 Å². The molecule has 1 saturated heterocycles. The first-order valence-electron chi connectivity index (χ1n) is 10.3. The molecule has 0 saturated carbocycles. The molecule has 0 N–H and O–H groups in total. The van der Waals surface area contributed by atoms with E-state index in [9.17, 15) is 9.59 Å². The van der Waals surface area contributed by atoms with E-state index < -0.39 is 0 Å². The number of carbonyl (C=O) groups excluding carboxylic acids is 1. The first-order valence-corrected chi connectivity index (χ1v) is 11.1. The number of benzene rings is 2. The van der Waals surface area contributed by atoms with Crippen LogP contribution in [0.3, 0.4) is 0 Å². The summed E-state index contributed by atoms with van der Waals surface area (Å²) >= 11 is 1.71. The van der Waals surface area contributed by atoms with Crippen LogP contribution in [-0.4, -0.2) is 38.7 Å². The van der Waals surface area contributed by atoms with Crippen molar-refractivity contribution in [3.8, 4) is 0 Å². The summed E-state index contributed by atoms with van der Waals surface area (Å²) in [7, 11) is 0. The van der Waals surface area contributed by atoms with Crippen molar-refractivity contribution in [2.75, 3.05) is 13.1 Å². The zero-order valence-corrected chi connectivity index (χ0v) is 17.6. The van der Waals surface area contributed by atoms with Gasteiger partial charge in [0.15, 0.2) is 5.69 Å². The van der Waals surface area contributed by atoms with E-state index in [0.29, 0.717) is 36.1 Å². The number of hydrogen-bond donors (Lipinski definition) is 0. The molecule has 1 aliphatic heterocycles. The van der Waals surface area contributed by atoms with E-state index in [1.165, 1.54) is 9.38 Å². The van der Waals surface area contributed by atoms with Crippen LogP contribution in [0.25, 0.3) is 21.0 Å². The molecule has 2 aromatic carbocycles. The van der Waals surface area contributed by atoms with Gasteiger partial charge in [0.2, 0.25) is 0 Å². The van der Waals surface area contributed by atoms with Gasteiger partial charge in [0.1, 0.15) is 0 Å². The zero-order chi connectivity index (χ0) is 20.7. The van der Waals surface area contributed by atoms with E-state index in [4.69, 9.17) is 4.98 Å². The molecular weight excluding hydrogens is 396 g/mol. The molecule has 1 fully saturated rings. The number of aryl methyl sites for hydroxylation is 1. The fraction of sp³-hybridized carbons (Fsp3) is 0.304. The monoisotopic (exact) mass is 418 g/mol. The lowest BCUT2D eigenvalue weighted by molar-refractivity contribution is 0.0700. The van der Waals surface area contributed by atoms with Crippen molar-refractivity contribution >= 4 is 38.2 Å². The number of aromatic nitrogens is 3. The number of nitrogens with zero attached hydrogens (tertiary/aromatic N) is 4. The Morgan fingerprint density at radius 1 is 1.13 bits per heavy atom. The standard InChI is InChI=1S/C23H22N4O2S/c1-2-27-22(28)17-10-4-3-9-16(17)20(25-27)23(29)26-13-7-8-15(14-26)21-24-18-11-5-6-12-19(18)30-21/h3-6,9-12,15H,2,7-8,13-14H2,1H3/t15-/m0/s1. The maximum Gasteiger partial charge on any atom is 0.274 e. The summed E-state index contributed by atoms with van der Waals surface area (Å²) in [5.74, 6) is 0.114. The van der Waals surface area contributed by atoms with Crippen LogP contribution in [0.5, 0.6) is 0 Å². The van der Waals surface area contributed by atoms with Crippen LogP contribution in [0.1, 0.15) is 41.2 Å². The minimum atomic E-state index is -0.157. The van der Waals surface area contributed by atoms with Crippen molar-refractivity contribution in [2.24, 2.45) is 0 Å². The van der Waals surface area contributed by atoms with Crippen LogP contribution in [0.15, 0.2) is 53.3 Å². The number of fused-ring (bicyclic) bond motifs is 2. The highest BCUT2D eigenvalue weighted by Crippen LogP contribution is 2.33. The number of para-hydroxylation sites is 1. The first kappa shape index (κ1) is 18.9. The second-order valence-electron chi connectivity index (χ2n) is 7.63.